The maximum atomic E-state index is 13.2. The Morgan fingerprint density at radius 3 is 2.43 bits per heavy atom. The van der Waals surface area contributed by atoms with Gasteiger partial charge in [0.25, 0.3) is 11.5 Å². The molecule has 0 aliphatic carbocycles. The molecule has 0 unspecified atom stereocenters. The van der Waals surface area contributed by atoms with Crippen molar-refractivity contribution in [2.45, 2.75) is 40.2 Å². The lowest BCUT2D eigenvalue weighted by Crippen LogP contribution is -2.42. The predicted molar refractivity (Wildman–Crippen MR) is 106 cm³/mol. The van der Waals surface area contributed by atoms with Crippen LogP contribution in [0.5, 0.6) is 0 Å². The maximum Gasteiger partial charge on any atom is 0.309 e. The van der Waals surface area contributed by atoms with Crippen LogP contribution in [0.2, 0.25) is 0 Å². The van der Waals surface area contributed by atoms with Crippen molar-refractivity contribution < 1.29 is 14.3 Å². The number of hydrogen-bond donors (Lipinski definition) is 0. The minimum Gasteiger partial charge on any atom is -0.466 e. The Kier molecular flexibility index (Phi) is 6.11. The van der Waals surface area contributed by atoms with Crippen molar-refractivity contribution in [3.8, 4) is 0 Å². The van der Waals surface area contributed by atoms with Gasteiger partial charge in [-0.1, -0.05) is 32.0 Å². The molecule has 2 aromatic rings. The van der Waals surface area contributed by atoms with Gasteiger partial charge in [0.2, 0.25) is 0 Å². The fourth-order valence-electron chi connectivity index (χ4n) is 3.59. The molecule has 0 atom stereocenters. The van der Waals surface area contributed by atoms with Crippen LogP contribution < -0.4 is 5.56 Å². The number of esters is 1. The Labute approximate surface area is 164 Å². The standard InChI is InChI=1S/C21H27N3O4/c1-4-28-21(27)15-9-11-23(12-10-15)20(26)18-16-7-5-6-8-17(16)19(25)24(22-18)13-14(2)3/h5-8,14-15H,4,9-13H2,1-3H3. The molecule has 0 bridgehead atoms. The highest BCUT2D eigenvalue weighted by molar-refractivity contribution is 6.04. The first-order chi connectivity index (χ1) is 13.4. The summed E-state index contributed by atoms with van der Waals surface area (Å²) in [6.07, 6.45) is 1.16. The fourth-order valence-corrected chi connectivity index (χ4v) is 3.59. The third kappa shape index (κ3) is 4.08. The van der Waals surface area contributed by atoms with Gasteiger partial charge in [0, 0.05) is 25.0 Å². The van der Waals surface area contributed by atoms with Crippen molar-refractivity contribution in [3.63, 3.8) is 0 Å². The molecule has 1 aliphatic rings. The molecule has 1 aromatic carbocycles. The molecule has 150 valence electrons. The number of aromatic nitrogens is 2. The number of ether oxygens (including phenoxy) is 1. The second kappa shape index (κ2) is 8.54. The zero-order valence-electron chi connectivity index (χ0n) is 16.7. The molecule has 0 saturated carbocycles. The molecule has 0 radical (unpaired) electrons. The van der Waals surface area contributed by atoms with E-state index in [1.807, 2.05) is 13.8 Å². The Balaban J connectivity index is 1.89. The zero-order chi connectivity index (χ0) is 20.3. The lowest BCUT2D eigenvalue weighted by molar-refractivity contribution is -0.149. The monoisotopic (exact) mass is 385 g/mol. The number of likely N-dealkylation sites (tertiary alicyclic amines) is 1. The smallest absolute Gasteiger partial charge is 0.309 e. The number of piperidine rings is 1. The number of amides is 1. The predicted octanol–water partition coefficient (Wildman–Crippen LogP) is 2.47. The van der Waals surface area contributed by atoms with Gasteiger partial charge in [0.05, 0.1) is 17.9 Å². The highest BCUT2D eigenvalue weighted by Crippen LogP contribution is 2.22. The lowest BCUT2D eigenvalue weighted by Gasteiger charge is -2.31. The van der Waals surface area contributed by atoms with Crippen LogP contribution in [0.25, 0.3) is 10.8 Å². The third-order valence-corrected chi connectivity index (χ3v) is 5.01. The Hall–Kier alpha value is -2.70. The zero-order valence-corrected chi connectivity index (χ0v) is 16.7. The second-order valence-electron chi connectivity index (χ2n) is 7.59. The molecular weight excluding hydrogens is 358 g/mol. The van der Waals surface area contributed by atoms with Gasteiger partial charge in [0.15, 0.2) is 5.69 Å². The minimum atomic E-state index is -0.198. The topological polar surface area (TPSA) is 81.5 Å². The van der Waals surface area contributed by atoms with Gasteiger partial charge in [-0.15, -0.1) is 0 Å². The quantitative estimate of drug-likeness (QED) is 0.739. The Morgan fingerprint density at radius 2 is 1.82 bits per heavy atom. The number of fused-ring (bicyclic) bond motifs is 1. The second-order valence-corrected chi connectivity index (χ2v) is 7.59. The van der Waals surface area contributed by atoms with E-state index in [2.05, 4.69) is 5.10 Å². The van der Waals surface area contributed by atoms with Gasteiger partial charge in [0.1, 0.15) is 0 Å². The molecule has 1 aromatic heterocycles. The maximum absolute atomic E-state index is 13.2. The van der Waals surface area contributed by atoms with Crippen molar-refractivity contribution in [2.75, 3.05) is 19.7 Å². The number of carbonyl (C=O) groups excluding carboxylic acids is 2. The summed E-state index contributed by atoms with van der Waals surface area (Å²) in [6, 6.07) is 7.10. The van der Waals surface area contributed by atoms with E-state index >= 15 is 0 Å². The molecule has 0 N–H and O–H groups in total. The summed E-state index contributed by atoms with van der Waals surface area (Å²) >= 11 is 0. The number of hydrogen-bond acceptors (Lipinski definition) is 5. The van der Waals surface area contributed by atoms with Crippen molar-refractivity contribution in [3.05, 3.63) is 40.3 Å². The first kappa shape index (κ1) is 20.0. The van der Waals surface area contributed by atoms with Gasteiger partial charge in [-0.2, -0.15) is 5.10 Å². The van der Waals surface area contributed by atoms with Crippen molar-refractivity contribution >= 4 is 22.6 Å². The molecule has 1 aliphatic heterocycles. The van der Waals surface area contributed by atoms with Crippen molar-refractivity contribution in [1.29, 1.82) is 0 Å². The number of benzene rings is 1. The highest BCUT2D eigenvalue weighted by Gasteiger charge is 2.30. The number of carbonyl (C=O) groups is 2. The van der Waals surface area contributed by atoms with Crippen molar-refractivity contribution in [2.24, 2.45) is 11.8 Å². The summed E-state index contributed by atoms with van der Waals surface area (Å²) in [6.45, 7) is 7.57. The van der Waals surface area contributed by atoms with E-state index in [9.17, 15) is 14.4 Å². The van der Waals surface area contributed by atoms with Crippen LogP contribution in [0.3, 0.4) is 0 Å². The highest BCUT2D eigenvalue weighted by atomic mass is 16.5. The van der Waals surface area contributed by atoms with E-state index in [0.29, 0.717) is 55.5 Å². The molecule has 1 amide bonds. The van der Waals surface area contributed by atoms with E-state index in [4.69, 9.17) is 4.74 Å². The average molecular weight is 385 g/mol. The van der Waals surface area contributed by atoms with E-state index in [1.165, 1.54) is 4.68 Å². The SMILES string of the molecule is CCOC(=O)C1CCN(C(=O)c2nn(CC(C)C)c(=O)c3ccccc23)CC1. The molecule has 7 nitrogen and oxygen atoms in total. The first-order valence-corrected chi connectivity index (χ1v) is 9.88. The first-order valence-electron chi connectivity index (χ1n) is 9.88. The van der Waals surface area contributed by atoms with Crippen LogP contribution in [0.1, 0.15) is 44.1 Å². The average Bonchev–Trinajstić information content (AvgIpc) is 2.69. The Morgan fingerprint density at radius 1 is 1.18 bits per heavy atom. The van der Waals surface area contributed by atoms with Crippen LogP contribution >= 0.6 is 0 Å². The normalized spacial score (nSPS) is 15.2. The molecule has 3 rings (SSSR count). The van der Waals surface area contributed by atoms with E-state index < -0.39 is 0 Å². The van der Waals surface area contributed by atoms with Crippen molar-refractivity contribution in [1.82, 2.24) is 14.7 Å². The summed E-state index contributed by atoms with van der Waals surface area (Å²) in [5.74, 6) is -0.321. The van der Waals surface area contributed by atoms with E-state index in [-0.39, 0.29) is 29.3 Å². The number of rotatable bonds is 5. The van der Waals surface area contributed by atoms with Crippen LogP contribution in [-0.4, -0.2) is 46.3 Å². The van der Waals surface area contributed by atoms with Crippen LogP contribution in [-0.2, 0) is 16.1 Å². The van der Waals surface area contributed by atoms with Gasteiger partial charge in [-0.3, -0.25) is 14.4 Å². The lowest BCUT2D eigenvalue weighted by atomic mass is 9.96. The van der Waals surface area contributed by atoms with Crippen LogP contribution in [0, 0.1) is 11.8 Å². The molecule has 28 heavy (non-hydrogen) atoms. The molecule has 1 fully saturated rings. The van der Waals surface area contributed by atoms with Gasteiger partial charge in [-0.05, 0) is 31.7 Å². The van der Waals surface area contributed by atoms with E-state index in [0.717, 1.165) is 0 Å². The summed E-state index contributed by atoms with van der Waals surface area (Å²) in [5.41, 5.74) is 0.118. The van der Waals surface area contributed by atoms with Gasteiger partial charge < -0.3 is 9.64 Å². The fraction of sp³-hybridized carbons (Fsp3) is 0.524. The van der Waals surface area contributed by atoms with Crippen LogP contribution in [0.4, 0.5) is 0 Å². The summed E-state index contributed by atoms with van der Waals surface area (Å²) in [7, 11) is 0. The van der Waals surface area contributed by atoms with Gasteiger partial charge >= 0.3 is 5.97 Å². The molecule has 0 spiro atoms. The summed E-state index contributed by atoms with van der Waals surface area (Å²) < 4.78 is 6.49. The van der Waals surface area contributed by atoms with Crippen LogP contribution in [0.15, 0.2) is 29.1 Å². The molecule has 7 heteroatoms. The third-order valence-electron chi connectivity index (χ3n) is 5.01. The van der Waals surface area contributed by atoms with Gasteiger partial charge in [-0.25, -0.2) is 4.68 Å². The number of nitrogens with zero attached hydrogens (tertiary/aromatic N) is 3. The summed E-state index contributed by atoms with van der Waals surface area (Å²) in [5, 5.41) is 5.50. The minimum absolute atomic E-state index is 0.163. The largest absolute Gasteiger partial charge is 0.466 e. The Bertz CT molecular complexity index is 927. The van der Waals surface area contributed by atoms with E-state index in [1.54, 1.807) is 36.1 Å². The molecule has 1 saturated heterocycles. The summed E-state index contributed by atoms with van der Waals surface area (Å²) in [4.78, 5) is 39.6. The molecular formula is C21H27N3O4. The molecule has 2 heterocycles.